The van der Waals surface area contributed by atoms with Crippen LogP contribution in [0.2, 0.25) is 0 Å². The van der Waals surface area contributed by atoms with Crippen LogP contribution in [-0.4, -0.2) is 25.5 Å². The summed E-state index contributed by atoms with van der Waals surface area (Å²) in [5.74, 6) is -2.80. The van der Waals surface area contributed by atoms with E-state index in [1.807, 2.05) is 0 Å². The van der Waals surface area contributed by atoms with Gasteiger partial charge in [0.15, 0.2) is 0 Å². The van der Waals surface area contributed by atoms with Crippen LogP contribution in [0.1, 0.15) is 19.3 Å². The smallest absolute Gasteiger partial charge is 0.374 e. The second-order valence-corrected chi connectivity index (χ2v) is 3.83. The highest BCUT2D eigenvalue weighted by atomic mass is 19.1. The van der Waals surface area contributed by atoms with Crippen molar-refractivity contribution in [2.24, 2.45) is 0 Å². The van der Waals surface area contributed by atoms with Gasteiger partial charge in [0.1, 0.15) is 17.4 Å². The molecule has 0 unspecified atom stereocenters. The number of ether oxygens (including phenoxy) is 2. The third-order valence-electron chi connectivity index (χ3n) is 2.32. The molecule has 1 rings (SSSR count). The van der Waals surface area contributed by atoms with Crippen LogP contribution in [0.15, 0.2) is 18.2 Å². The van der Waals surface area contributed by atoms with Gasteiger partial charge in [0.25, 0.3) is 0 Å². The van der Waals surface area contributed by atoms with Crippen LogP contribution in [0.5, 0.6) is 5.75 Å². The van der Waals surface area contributed by atoms with Crippen molar-refractivity contribution in [3.05, 3.63) is 29.8 Å². The molecule has 104 valence electrons. The van der Waals surface area contributed by atoms with E-state index in [-0.39, 0.29) is 18.8 Å². The van der Waals surface area contributed by atoms with Crippen LogP contribution in [-0.2, 0) is 14.3 Å². The Bertz CT molecular complexity index is 440. The van der Waals surface area contributed by atoms with Crippen molar-refractivity contribution in [1.29, 1.82) is 0 Å². The Morgan fingerprint density at radius 3 is 2.32 bits per heavy atom. The molecule has 0 aromatic heterocycles. The van der Waals surface area contributed by atoms with E-state index < -0.39 is 23.4 Å². The van der Waals surface area contributed by atoms with E-state index in [0.717, 1.165) is 25.3 Å². The molecule has 0 radical (unpaired) electrons. The molecule has 0 spiro atoms. The van der Waals surface area contributed by atoms with Crippen molar-refractivity contribution < 1.29 is 27.8 Å². The van der Waals surface area contributed by atoms with Gasteiger partial charge in [-0.15, -0.1) is 0 Å². The molecule has 6 heteroatoms. The predicted molar refractivity (Wildman–Crippen MR) is 62.7 cm³/mol. The monoisotopic (exact) mass is 272 g/mol. The van der Waals surface area contributed by atoms with Crippen LogP contribution < -0.4 is 4.74 Å². The number of hydrogen-bond acceptors (Lipinski definition) is 4. The number of benzene rings is 1. The first-order valence-corrected chi connectivity index (χ1v) is 5.73. The zero-order valence-electron chi connectivity index (χ0n) is 10.4. The summed E-state index contributed by atoms with van der Waals surface area (Å²) in [6.07, 6.45) is 0.986. The summed E-state index contributed by atoms with van der Waals surface area (Å²) in [5, 5.41) is 0. The Hall–Kier alpha value is -1.98. The van der Waals surface area contributed by atoms with Gasteiger partial charge < -0.3 is 9.47 Å². The number of ketones is 1. The standard InChI is InChI=1S/C13H14F2O4/c1-18-13(17)12(16)4-2-3-5-19-11-7-9(14)6-10(15)8-11/h6-8H,2-5H2,1H3. The minimum Gasteiger partial charge on any atom is -0.493 e. The van der Waals surface area contributed by atoms with Gasteiger partial charge in [0.05, 0.1) is 13.7 Å². The lowest BCUT2D eigenvalue weighted by molar-refractivity contribution is -0.151. The van der Waals surface area contributed by atoms with E-state index in [0.29, 0.717) is 12.8 Å². The lowest BCUT2D eigenvalue weighted by atomic mass is 10.2. The number of carbonyl (C=O) groups is 2. The maximum absolute atomic E-state index is 12.8. The molecule has 4 nitrogen and oxygen atoms in total. The Labute approximate surface area is 109 Å². The molecule has 1 aromatic rings. The summed E-state index contributed by atoms with van der Waals surface area (Å²) in [5.41, 5.74) is 0. The third-order valence-corrected chi connectivity index (χ3v) is 2.32. The fourth-order valence-corrected chi connectivity index (χ4v) is 1.41. The number of Topliss-reactive ketones (excluding diaryl/α,β-unsaturated/α-hetero) is 1. The quantitative estimate of drug-likeness (QED) is 0.434. The summed E-state index contributed by atoms with van der Waals surface area (Å²) in [6, 6.07) is 2.90. The Morgan fingerprint density at radius 1 is 1.11 bits per heavy atom. The van der Waals surface area contributed by atoms with E-state index >= 15 is 0 Å². The molecule has 0 saturated heterocycles. The molecule has 0 aliphatic heterocycles. The van der Waals surface area contributed by atoms with Gasteiger partial charge in [-0.25, -0.2) is 13.6 Å². The number of hydrogen-bond donors (Lipinski definition) is 0. The number of rotatable bonds is 7. The van der Waals surface area contributed by atoms with Crippen molar-refractivity contribution >= 4 is 11.8 Å². The van der Waals surface area contributed by atoms with Crippen molar-refractivity contribution in [3.8, 4) is 5.75 Å². The van der Waals surface area contributed by atoms with E-state index in [1.54, 1.807) is 0 Å². The van der Waals surface area contributed by atoms with Crippen LogP contribution >= 0.6 is 0 Å². The number of methoxy groups -OCH3 is 1. The van der Waals surface area contributed by atoms with Gasteiger partial charge in [0.2, 0.25) is 5.78 Å². The van der Waals surface area contributed by atoms with Gasteiger partial charge in [-0.05, 0) is 12.8 Å². The zero-order chi connectivity index (χ0) is 14.3. The first kappa shape index (κ1) is 15.1. The Balaban J connectivity index is 2.24. The van der Waals surface area contributed by atoms with Gasteiger partial charge in [-0.2, -0.15) is 0 Å². The second-order valence-electron chi connectivity index (χ2n) is 3.83. The molecule has 0 N–H and O–H groups in total. The Morgan fingerprint density at radius 2 is 1.74 bits per heavy atom. The summed E-state index contributed by atoms with van der Waals surface area (Å²) < 4.78 is 35.0. The van der Waals surface area contributed by atoms with E-state index in [9.17, 15) is 18.4 Å². The number of carbonyl (C=O) groups excluding carboxylic acids is 2. The van der Waals surface area contributed by atoms with Crippen molar-refractivity contribution in [2.75, 3.05) is 13.7 Å². The normalized spacial score (nSPS) is 10.1. The van der Waals surface area contributed by atoms with Crippen molar-refractivity contribution in [1.82, 2.24) is 0 Å². The van der Waals surface area contributed by atoms with Crippen LogP contribution in [0.3, 0.4) is 0 Å². The van der Waals surface area contributed by atoms with Crippen LogP contribution in [0.4, 0.5) is 8.78 Å². The molecule has 1 aromatic carbocycles. The average molecular weight is 272 g/mol. The molecule has 0 aliphatic rings. The topological polar surface area (TPSA) is 52.6 Å². The number of esters is 1. The first-order chi connectivity index (χ1) is 9.02. The van der Waals surface area contributed by atoms with E-state index in [2.05, 4.69) is 4.74 Å². The molecule has 19 heavy (non-hydrogen) atoms. The fraction of sp³-hybridized carbons (Fsp3) is 0.385. The molecule has 0 aliphatic carbocycles. The highest BCUT2D eigenvalue weighted by molar-refractivity contribution is 6.33. The molecule has 0 fully saturated rings. The molecule has 0 amide bonds. The summed E-state index contributed by atoms with van der Waals surface area (Å²) in [4.78, 5) is 21.9. The molecular formula is C13H14F2O4. The molecule has 0 atom stereocenters. The third kappa shape index (κ3) is 5.46. The van der Waals surface area contributed by atoms with Crippen molar-refractivity contribution in [3.63, 3.8) is 0 Å². The average Bonchev–Trinajstić information content (AvgIpc) is 2.36. The largest absolute Gasteiger partial charge is 0.493 e. The maximum Gasteiger partial charge on any atom is 0.374 e. The molecular weight excluding hydrogens is 258 g/mol. The molecule has 0 saturated carbocycles. The predicted octanol–water partition coefficient (Wildman–Crippen LogP) is 2.26. The minimum absolute atomic E-state index is 0.0630. The zero-order valence-corrected chi connectivity index (χ0v) is 10.4. The number of halogens is 2. The Kier molecular flexibility index (Phi) is 5.92. The molecule has 0 bridgehead atoms. The maximum atomic E-state index is 12.8. The van der Waals surface area contributed by atoms with Gasteiger partial charge in [-0.1, -0.05) is 0 Å². The van der Waals surface area contributed by atoms with Gasteiger partial charge in [-0.3, -0.25) is 4.79 Å². The highest BCUT2D eigenvalue weighted by Gasteiger charge is 2.12. The minimum atomic E-state index is -0.867. The van der Waals surface area contributed by atoms with Crippen LogP contribution in [0.25, 0.3) is 0 Å². The van der Waals surface area contributed by atoms with Gasteiger partial charge in [0, 0.05) is 24.6 Å². The van der Waals surface area contributed by atoms with Crippen LogP contribution in [0, 0.1) is 11.6 Å². The highest BCUT2D eigenvalue weighted by Crippen LogP contribution is 2.15. The van der Waals surface area contributed by atoms with Crippen molar-refractivity contribution in [2.45, 2.75) is 19.3 Å². The summed E-state index contributed by atoms with van der Waals surface area (Å²) in [7, 11) is 1.14. The fourth-order valence-electron chi connectivity index (χ4n) is 1.41. The van der Waals surface area contributed by atoms with E-state index in [4.69, 9.17) is 4.74 Å². The summed E-state index contributed by atoms with van der Waals surface area (Å²) >= 11 is 0. The van der Waals surface area contributed by atoms with E-state index in [1.165, 1.54) is 0 Å². The lowest BCUT2D eigenvalue weighted by Gasteiger charge is -2.06. The summed E-state index contributed by atoms with van der Waals surface area (Å²) in [6.45, 7) is 0.206. The van der Waals surface area contributed by atoms with Gasteiger partial charge >= 0.3 is 5.97 Å². The second kappa shape index (κ2) is 7.45. The number of unbranched alkanes of at least 4 members (excludes halogenated alkanes) is 1. The first-order valence-electron chi connectivity index (χ1n) is 5.73. The SMILES string of the molecule is COC(=O)C(=O)CCCCOc1cc(F)cc(F)c1. The lowest BCUT2D eigenvalue weighted by Crippen LogP contribution is -2.15. The molecule has 0 heterocycles.